The van der Waals surface area contributed by atoms with E-state index in [0.717, 1.165) is 22.4 Å². The van der Waals surface area contributed by atoms with E-state index in [2.05, 4.69) is 20.7 Å². The van der Waals surface area contributed by atoms with E-state index in [4.69, 9.17) is 10.6 Å². The van der Waals surface area contributed by atoms with Gasteiger partial charge in [-0.2, -0.15) is 0 Å². The highest BCUT2D eigenvalue weighted by Crippen LogP contribution is 2.40. The number of aromatic nitrogens is 4. The molecule has 3 aromatic heterocycles. The lowest BCUT2D eigenvalue weighted by atomic mass is 10.0. The summed E-state index contributed by atoms with van der Waals surface area (Å²) < 4.78 is 3.34. The zero-order valence-electron chi connectivity index (χ0n) is 19.1. The number of nitrogens with one attached hydrogen (secondary N) is 1. The number of fused-ring (bicyclic) bond motifs is 2. The number of pyridine rings is 1. The zero-order valence-corrected chi connectivity index (χ0v) is 20.7. The number of thiazole rings is 1. The molecule has 5 heterocycles. The first-order chi connectivity index (χ1) is 17.3. The SMILES string of the molecule is CON=C(C(=O)N[C@@H]1C(=O)N2C(C(=O)O)=C(C[n+]3cc4cc(C)ccn4n3)CS[C@@H]12)c1csc(N)n1. The molecule has 3 aromatic rings. The molecule has 1 saturated heterocycles. The van der Waals surface area contributed by atoms with Crippen LogP contribution in [0.1, 0.15) is 11.3 Å². The number of carbonyl (C=O) groups is 3. The number of oxime groups is 1. The lowest BCUT2D eigenvalue weighted by Crippen LogP contribution is -2.71. The number of carbonyl (C=O) groups excluding carboxylic acids is 2. The summed E-state index contributed by atoms with van der Waals surface area (Å²) in [6, 6.07) is 2.96. The van der Waals surface area contributed by atoms with Crippen molar-refractivity contribution in [1.82, 2.24) is 24.9 Å². The Morgan fingerprint density at radius 1 is 1.44 bits per heavy atom. The summed E-state index contributed by atoms with van der Waals surface area (Å²) in [5.41, 5.74) is 8.13. The van der Waals surface area contributed by atoms with Crippen molar-refractivity contribution in [3.63, 3.8) is 0 Å². The molecule has 186 valence electrons. The molecular formula is C21H21N8O5S2+. The third kappa shape index (κ3) is 4.15. The summed E-state index contributed by atoms with van der Waals surface area (Å²) >= 11 is 2.50. The number of aryl methyl sites for hydroxylation is 1. The van der Waals surface area contributed by atoms with Gasteiger partial charge in [0.25, 0.3) is 11.8 Å². The maximum absolute atomic E-state index is 13.0. The molecule has 4 N–H and O–H groups in total. The average molecular weight is 530 g/mol. The molecule has 1 fully saturated rings. The Labute approximate surface area is 212 Å². The summed E-state index contributed by atoms with van der Waals surface area (Å²) in [4.78, 5) is 48.1. The van der Waals surface area contributed by atoms with Crippen LogP contribution in [0, 0.1) is 6.92 Å². The molecule has 0 unspecified atom stereocenters. The molecule has 13 nitrogen and oxygen atoms in total. The van der Waals surface area contributed by atoms with Gasteiger partial charge in [0, 0.05) is 16.7 Å². The van der Waals surface area contributed by atoms with Crippen LogP contribution in [-0.4, -0.2) is 72.5 Å². The topological polar surface area (TPSA) is 168 Å². The number of nitrogen functional groups attached to an aromatic ring is 1. The Balaban J connectivity index is 1.36. The van der Waals surface area contributed by atoms with Gasteiger partial charge in [0.15, 0.2) is 22.6 Å². The van der Waals surface area contributed by atoms with Crippen LogP contribution in [-0.2, 0) is 25.8 Å². The monoisotopic (exact) mass is 529 g/mol. The fraction of sp³-hybridized carbons (Fsp3) is 0.286. The third-order valence-electron chi connectivity index (χ3n) is 5.66. The number of nitrogens with zero attached hydrogens (tertiary/aromatic N) is 6. The minimum Gasteiger partial charge on any atom is -0.477 e. The summed E-state index contributed by atoms with van der Waals surface area (Å²) in [5, 5.41) is 22.0. The molecule has 15 heteroatoms. The van der Waals surface area contributed by atoms with Gasteiger partial charge in [0.05, 0.1) is 5.21 Å². The van der Waals surface area contributed by atoms with Gasteiger partial charge < -0.3 is 21.0 Å². The van der Waals surface area contributed by atoms with E-state index in [-0.39, 0.29) is 28.8 Å². The van der Waals surface area contributed by atoms with Gasteiger partial charge in [-0.25, -0.2) is 9.78 Å². The quantitative estimate of drug-likeness (QED) is 0.162. The number of anilines is 1. The Morgan fingerprint density at radius 3 is 2.94 bits per heavy atom. The number of thioether (sulfide) groups is 1. The van der Waals surface area contributed by atoms with E-state index in [1.807, 2.05) is 31.5 Å². The zero-order chi connectivity index (χ0) is 25.6. The van der Waals surface area contributed by atoms with Crippen molar-refractivity contribution in [2.75, 3.05) is 18.6 Å². The second-order valence-electron chi connectivity index (χ2n) is 8.10. The minimum atomic E-state index is -1.21. The molecule has 2 amide bonds. The number of aliphatic carboxylic acids is 1. The van der Waals surface area contributed by atoms with Crippen molar-refractivity contribution in [3.8, 4) is 0 Å². The second-order valence-corrected chi connectivity index (χ2v) is 10.1. The Kier molecular flexibility index (Phi) is 6.09. The average Bonchev–Trinajstić information content (AvgIpc) is 3.45. The van der Waals surface area contributed by atoms with E-state index >= 15 is 0 Å². The van der Waals surface area contributed by atoms with E-state index in [9.17, 15) is 19.5 Å². The standard InChI is InChI=1S/C21H20N8O5S2/c1-10-3-4-28-12(5-10)7-27(26-28)6-11-8-35-19-15(18(31)29(19)16(11)20(32)33)24-17(30)14(25-34-2)13-9-36-21(22)23-13/h3-5,7,9,15,19H,6,8H2,1-2H3,(H3-,22,23,24,30,32,33)/p+1/t15-,19+/m1/s1. The fourth-order valence-corrected chi connectivity index (χ4v) is 5.96. The number of nitrogens with two attached hydrogens (primary N) is 1. The van der Waals surface area contributed by atoms with Crippen LogP contribution in [0.25, 0.3) is 5.52 Å². The predicted octanol–water partition coefficient (Wildman–Crippen LogP) is -0.242. The van der Waals surface area contributed by atoms with Gasteiger partial charge >= 0.3 is 5.97 Å². The van der Waals surface area contributed by atoms with Crippen LogP contribution < -0.4 is 15.7 Å². The molecule has 2 aliphatic heterocycles. The molecule has 0 saturated carbocycles. The fourth-order valence-electron chi connectivity index (χ4n) is 4.08. The first-order valence-electron chi connectivity index (χ1n) is 10.7. The van der Waals surface area contributed by atoms with Crippen LogP contribution in [0.3, 0.4) is 0 Å². The van der Waals surface area contributed by atoms with E-state index in [1.165, 1.54) is 23.8 Å². The lowest BCUT2D eigenvalue weighted by molar-refractivity contribution is -0.746. The number of amides is 2. The Hall–Kier alpha value is -3.98. The van der Waals surface area contributed by atoms with Crippen LogP contribution in [0.5, 0.6) is 0 Å². The van der Waals surface area contributed by atoms with Crippen LogP contribution in [0.4, 0.5) is 5.13 Å². The van der Waals surface area contributed by atoms with E-state index in [1.54, 1.807) is 14.6 Å². The first-order valence-corrected chi connectivity index (χ1v) is 12.6. The smallest absolute Gasteiger partial charge is 0.352 e. The number of rotatable bonds is 7. The van der Waals surface area contributed by atoms with Crippen molar-refractivity contribution in [1.29, 1.82) is 0 Å². The highest BCUT2D eigenvalue weighted by Gasteiger charge is 2.54. The second kappa shape index (κ2) is 9.23. The number of β-lactam (4-membered cyclic amide) rings is 1. The first kappa shape index (κ1) is 23.7. The van der Waals surface area contributed by atoms with Crippen molar-refractivity contribution < 1.29 is 29.0 Å². The van der Waals surface area contributed by atoms with E-state index < -0.39 is 29.2 Å². The molecule has 2 aliphatic rings. The van der Waals surface area contributed by atoms with Gasteiger partial charge in [-0.1, -0.05) is 5.16 Å². The van der Waals surface area contributed by atoms with Crippen LogP contribution in [0.15, 0.2) is 46.3 Å². The summed E-state index contributed by atoms with van der Waals surface area (Å²) in [5.74, 6) is -2.07. The molecule has 5 rings (SSSR count). The van der Waals surface area contributed by atoms with Crippen molar-refractivity contribution in [2.24, 2.45) is 5.16 Å². The Bertz CT molecular complexity index is 1460. The van der Waals surface area contributed by atoms with Gasteiger partial charge in [-0.3, -0.25) is 14.5 Å². The number of carboxylic acids is 1. The van der Waals surface area contributed by atoms with Crippen molar-refractivity contribution in [2.45, 2.75) is 24.9 Å². The Morgan fingerprint density at radius 2 is 2.25 bits per heavy atom. The van der Waals surface area contributed by atoms with E-state index in [0.29, 0.717) is 11.3 Å². The van der Waals surface area contributed by atoms with Gasteiger partial charge in [0.1, 0.15) is 42.7 Å². The summed E-state index contributed by atoms with van der Waals surface area (Å²) in [6.45, 7) is 2.18. The third-order valence-corrected chi connectivity index (χ3v) is 7.68. The highest BCUT2D eigenvalue weighted by molar-refractivity contribution is 8.00. The predicted molar refractivity (Wildman–Crippen MR) is 130 cm³/mol. The lowest BCUT2D eigenvalue weighted by Gasteiger charge is -2.49. The van der Waals surface area contributed by atoms with Crippen LogP contribution >= 0.6 is 23.1 Å². The maximum atomic E-state index is 13.0. The highest BCUT2D eigenvalue weighted by atomic mass is 32.2. The summed E-state index contributed by atoms with van der Waals surface area (Å²) in [6.07, 6.45) is 3.64. The number of hydrogen-bond donors (Lipinski definition) is 3. The summed E-state index contributed by atoms with van der Waals surface area (Å²) in [7, 11) is 1.28. The molecule has 2 atom stereocenters. The molecule has 0 aliphatic carbocycles. The molecular weight excluding hydrogens is 508 g/mol. The molecule has 0 bridgehead atoms. The molecule has 0 radical (unpaired) electrons. The van der Waals surface area contributed by atoms with Gasteiger partial charge in [0.2, 0.25) is 0 Å². The minimum absolute atomic E-state index is 0.0898. The molecule has 36 heavy (non-hydrogen) atoms. The van der Waals surface area contributed by atoms with Crippen molar-refractivity contribution in [3.05, 3.63) is 52.4 Å². The normalized spacial score (nSPS) is 19.8. The molecule has 0 aromatic carbocycles. The van der Waals surface area contributed by atoms with Gasteiger partial charge in [-0.15, -0.1) is 32.3 Å². The number of hydrogen-bond acceptors (Lipinski definition) is 10. The van der Waals surface area contributed by atoms with Crippen molar-refractivity contribution >= 4 is 57.2 Å². The van der Waals surface area contributed by atoms with Gasteiger partial charge in [-0.05, 0) is 24.6 Å². The van der Waals surface area contributed by atoms with Crippen LogP contribution in [0.2, 0.25) is 0 Å². The number of carboxylic acid groups (broad SMARTS) is 1. The largest absolute Gasteiger partial charge is 0.477 e. The molecule has 0 spiro atoms. The maximum Gasteiger partial charge on any atom is 0.352 e.